The van der Waals surface area contributed by atoms with Gasteiger partial charge in [-0.15, -0.1) is 0 Å². The maximum Gasteiger partial charge on any atom is 0.290 e. The van der Waals surface area contributed by atoms with Crippen LogP contribution in [0.5, 0.6) is 0 Å². The molecule has 2 aliphatic rings. The van der Waals surface area contributed by atoms with Crippen molar-refractivity contribution in [2.45, 2.75) is 76.0 Å². The lowest BCUT2D eigenvalue weighted by atomic mass is 10.1. The fourth-order valence-electron chi connectivity index (χ4n) is 3.83. The van der Waals surface area contributed by atoms with Gasteiger partial charge in [0, 0.05) is 12.0 Å². The average Bonchev–Trinajstić information content (AvgIpc) is 3.28. The molecule has 4 heterocycles. The number of carbonyl (C=O) groups is 1. The van der Waals surface area contributed by atoms with Gasteiger partial charge in [-0.1, -0.05) is 19.0 Å². The van der Waals surface area contributed by atoms with Crippen molar-refractivity contribution in [3.05, 3.63) is 23.3 Å². The molecule has 14 heteroatoms. The zero-order chi connectivity index (χ0) is 24.4. The van der Waals surface area contributed by atoms with Crippen molar-refractivity contribution < 1.29 is 29.4 Å². The lowest BCUT2D eigenvalue weighted by Crippen LogP contribution is -2.29. The van der Waals surface area contributed by atoms with Crippen molar-refractivity contribution in [1.82, 2.24) is 29.7 Å². The van der Waals surface area contributed by atoms with Gasteiger partial charge in [0.2, 0.25) is 5.28 Å². The lowest BCUT2D eigenvalue weighted by Gasteiger charge is -2.18. The second-order valence-electron chi connectivity index (χ2n) is 8.12. The minimum absolute atomic E-state index is 0.0401. The zero-order valence-corrected chi connectivity index (χ0v) is 19.3. The molecule has 4 atom stereocenters. The van der Waals surface area contributed by atoms with Crippen LogP contribution < -0.4 is 5.32 Å². The Morgan fingerprint density at radius 1 is 1.24 bits per heavy atom. The summed E-state index contributed by atoms with van der Waals surface area (Å²) in [7, 11) is 0. The van der Waals surface area contributed by atoms with E-state index in [-0.39, 0.29) is 23.7 Å². The third kappa shape index (κ3) is 4.69. The van der Waals surface area contributed by atoms with Crippen LogP contribution in [0.3, 0.4) is 0 Å². The Labute approximate surface area is 199 Å². The zero-order valence-electron chi connectivity index (χ0n) is 18.6. The Balaban J connectivity index is 0.000000868. The van der Waals surface area contributed by atoms with Crippen LogP contribution in [0.2, 0.25) is 5.28 Å². The van der Waals surface area contributed by atoms with Crippen molar-refractivity contribution in [2.75, 3.05) is 5.32 Å². The van der Waals surface area contributed by atoms with Crippen LogP contribution in [-0.4, -0.2) is 69.7 Å². The molecular weight excluding hydrogens is 470 g/mol. The summed E-state index contributed by atoms with van der Waals surface area (Å²) in [5, 5.41) is 35.5. The maximum atomic E-state index is 10.7. The number of fused-ring (bicyclic) bond motifs is 1. The number of halogens is 1. The highest BCUT2D eigenvalue weighted by Gasteiger charge is 2.48. The highest BCUT2D eigenvalue weighted by molar-refractivity contribution is 6.28. The Hall–Kier alpha value is -2.87. The number of hydrogen-bond donors (Lipinski definition) is 4. The number of aliphatic hydroxyl groups excluding tert-OH is 2. The van der Waals surface area contributed by atoms with Gasteiger partial charge in [0.1, 0.15) is 12.2 Å². The quantitative estimate of drug-likeness (QED) is 0.277. The number of ether oxygens (including phenoxy) is 1. The molecule has 5 rings (SSSR count). The van der Waals surface area contributed by atoms with E-state index in [1.54, 1.807) is 0 Å². The van der Waals surface area contributed by atoms with Crippen LogP contribution in [0.25, 0.3) is 11.2 Å². The molecule has 0 amide bonds. The molecule has 1 saturated carbocycles. The predicted octanol–water partition coefficient (Wildman–Crippen LogP) is 2.03. The summed E-state index contributed by atoms with van der Waals surface area (Å²) in [6.07, 6.45) is 0.903. The first-order chi connectivity index (χ1) is 16.4. The average molecular weight is 496 g/mol. The van der Waals surface area contributed by atoms with Crippen LogP contribution in [0, 0.1) is 0 Å². The molecule has 1 aliphatic carbocycles. The van der Waals surface area contributed by atoms with Gasteiger partial charge < -0.3 is 29.9 Å². The van der Waals surface area contributed by atoms with Crippen LogP contribution in [0.4, 0.5) is 5.82 Å². The summed E-state index contributed by atoms with van der Waals surface area (Å²) in [6, 6.07) is 0.206. The van der Waals surface area contributed by atoms with Crippen molar-refractivity contribution >= 4 is 35.1 Å². The van der Waals surface area contributed by atoms with Gasteiger partial charge in [0.25, 0.3) is 12.4 Å². The number of carboxylic acid groups (broad SMARTS) is 1. The number of imidazole rings is 1. The smallest absolute Gasteiger partial charge is 0.290 e. The summed E-state index contributed by atoms with van der Waals surface area (Å²) in [6.45, 7) is 3.91. The molecule has 3 aromatic heterocycles. The van der Waals surface area contributed by atoms with Crippen LogP contribution in [0.15, 0.2) is 10.9 Å². The minimum Gasteiger partial charge on any atom is -0.483 e. The number of aliphatic hydroxyl groups is 2. The third-order valence-corrected chi connectivity index (χ3v) is 6.05. The SMILES string of the molecule is CCC(CC)Nc1nc(Cl)nc2c1ncn2[C@@H]1O[C@H](c2nc(C3CC3)no2)[C@@H](O)[C@H]1O.O=CO. The standard InChI is InChI=1S/C19H24ClN7O4.CH2O2/c1-3-9(4-2)22-15-10-16(25-19(20)24-15)27(7-21-10)18-12(29)11(28)13(30-18)17-23-14(26-31-17)8-5-6-8;2-1-3/h7-9,11-13,18,28-29H,3-6H2,1-2H3,(H,22,24,25);1H,(H,2,3)/t11-,12+,13-,18+;/m0./s1. The molecule has 2 fully saturated rings. The van der Waals surface area contributed by atoms with Crippen molar-refractivity contribution in [3.8, 4) is 0 Å². The summed E-state index contributed by atoms with van der Waals surface area (Å²) >= 11 is 6.17. The fraction of sp³-hybridized carbons (Fsp3) is 0.600. The van der Waals surface area contributed by atoms with E-state index in [4.69, 9.17) is 30.8 Å². The molecule has 13 nitrogen and oxygen atoms in total. The Morgan fingerprint density at radius 3 is 2.59 bits per heavy atom. The van der Waals surface area contributed by atoms with Gasteiger partial charge in [-0.05, 0) is 37.3 Å². The lowest BCUT2D eigenvalue weighted by molar-refractivity contribution is -0.122. The molecule has 3 aromatic rings. The molecule has 0 aromatic carbocycles. The molecule has 0 unspecified atom stereocenters. The molecule has 0 spiro atoms. The van der Waals surface area contributed by atoms with Crippen molar-refractivity contribution in [3.63, 3.8) is 0 Å². The van der Waals surface area contributed by atoms with E-state index in [1.165, 1.54) is 10.9 Å². The molecule has 1 saturated heterocycles. The molecule has 184 valence electrons. The summed E-state index contributed by atoms with van der Waals surface area (Å²) < 4.78 is 12.8. The Morgan fingerprint density at radius 2 is 1.94 bits per heavy atom. The minimum atomic E-state index is -1.26. The Kier molecular flexibility index (Phi) is 7.26. The number of anilines is 1. The summed E-state index contributed by atoms with van der Waals surface area (Å²) in [5.74, 6) is 1.56. The van der Waals surface area contributed by atoms with Gasteiger partial charge in [0.05, 0.1) is 6.33 Å². The largest absolute Gasteiger partial charge is 0.483 e. The number of rotatable bonds is 7. The van der Waals surface area contributed by atoms with Gasteiger partial charge in [0.15, 0.2) is 35.1 Å². The van der Waals surface area contributed by atoms with E-state index in [1.807, 2.05) is 0 Å². The topological polar surface area (TPSA) is 182 Å². The molecule has 4 N–H and O–H groups in total. The normalized spacial score (nSPS) is 24.3. The first-order valence-electron chi connectivity index (χ1n) is 11.0. The highest BCUT2D eigenvalue weighted by Crippen LogP contribution is 2.42. The van der Waals surface area contributed by atoms with E-state index in [9.17, 15) is 10.2 Å². The number of nitrogens with zero attached hydrogens (tertiary/aromatic N) is 6. The second-order valence-corrected chi connectivity index (χ2v) is 8.46. The van der Waals surface area contributed by atoms with Crippen molar-refractivity contribution in [2.24, 2.45) is 0 Å². The highest BCUT2D eigenvalue weighted by atomic mass is 35.5. The van der Waals surface area contributed by atoms with Gasteiger partial charge in [-0.2, -0.15) is 15.0 Å². The van der Waals surface area contributed by atoms with Gasteiger partial charge in [-0.3, -0.25) is 9.36 Å². The van der Waals surface area contributed by atoms with E-state index in [0.29, 0.717) is 28.7 Å². The molecule has 34 heavy (non-hydrogen) atoms. The van der Waals surface area contributed by atoms with Gasteiger partial charge >= 0.3 is 0 Å². The van der Waals surface area contributed by atoms with E-state index in [0.717, 1.165) is 25.7 Å². The van der Waals surface area contributed by atoms with E-state index < -0.39 is 24.5 Å². The fourth-order valence-corrected chi connectivity index (χ4v) is 3.99. The third-order valence-electron chi connectivity index (χ3n) is 5.88. The molecule has 1 aliphatic heterocycles. The first-order valence-corrected chi connectivity index (χ1v) is 11.4. The summed E-state index contributed by atoms with van der Waals surface area (Å²) in [5.41, 5.74) is 0.883. The van der Waals surface area contributed by atoms with E-state index in [2.05, 4.69) is 44.3 Å². The monoisotopic (exact) mass is 495 g/mol. The molecular formula is C20H26ClN7O6. The molecule has 0 radical (unpaired) electrons. The number of aromatic nitrogens is 6. The Bertz CT molecular complexity index is 1130. The maximum absolute atomic E-state index is 10.7. The number of nitrogens with one attached hydrogen (secondary N) is 1. The summed E-state index contributed by atoms with van der Waals surface area (Å²) in [4.78, 5) is 25.7. The van der Waals surface area contributed by atoms with Crippen LogP contribution >= 0.6 is 11.6 Å². The van der Waals surface area contributed by atoms with Crippen molar-refractivity contribution in [1.29, 1.82) is 0 Å². The van der Waals surface area contributed by atoms with Crippen LogP contribution in [0.1, 0.15) is 69.5 Å². The van der Waals surface area contributed by atoms with Crippen LogP contribution in [-0.2, 0) is 9.53 Å². The first kappa shape index (κ1) is 24.3. The van der Waals surface area contributed by atoms with E-state index >= 15 is 0 Å². The second kappa shape index (κ2) is 10.2. The van der Waals surface area contributed by atoms with Gasteiger partial charge in [-0.25, -0.2) is 4.98 Å². The predicted molar refractivity (Wildman–Crippen MR) is 118 cm³/mol. The number of hydrogen-bond acceptors (Lipinski definition) is 11. The molecule has 0 bridgehead atoms.